The van der Waals surface area contributed by atoms with Crippen molar-refractivity contribution in [2.45, 2.75) is 13.8 Å². The first-order valence-electron chi connectivity index (χ1n) is 4.98. The van der Waals surface area contributed by atoms with Crippen molar-refractivity contribution in [1.82, 2.24) is 9.97 Å². The molecule has 0 aliphatic carbocycles. The van der Waals surface area contributed by atoms with Gasteiger partial charge in [-0.1, -0.05) is 17.7 Å². The topological polar surface area (TPSA) is 37.8 Å². The number of hydrogen-bond donors (Lipinski definition) is 1. The van der Waals surface area contributed by atoms with E-state index in [1.165, 1.54) is 0 Å². The zero-order chi connectivity index (χ0) is 11.5. The van der Waals surface area contributed by atoms with Crippen LogP contribution in [-0.4, -0.2) is 9.97 Å². The molecule has 2 aromatic rings. The molecular formula is C12H12Cl2N3-. The van der Waals surface area contributed by atoms with Crippen molar-refractivity contribution in [2.24, 2.45) is 0 Å². The molecular weight excluding hydrogens is 257 g/mol. The number of aryl methyl sites for hydroxylation is 2. The van der Waals surface area contributed by atoms with Gasteiger partial charge in [0.25, 0.3) is 0 Å². The van der Waals surface area contributed by atoms with Crippen LogP contribution in [0.15, 0.2) is 30.3 Å². The molecule has 0 atom stereocenters. The molecule has 0 aliphatic heterocycles. The molecule has 1 heterocycles. The van der Waals surface area contributed by atoms with Crippen molar-refractivity contribution in [3.8, 4) is 0 Å². The predicted octanol–water partition coefficient (Wildman–Crippen LogP) is 0.494. The molecule has 3 nitrogen and oxygen atoms in total. The van der Waals surface area contributed by atoms with E-state index in [1.54, 1.807) is 0 Å². The Bertz CT molecular complexity index is 495. The van der Waals surface area contributed by atoms with E-state index in [1.807, 2.05) is 44.2 Å². The Labute approximate surface area is 112 Å². The average molecular weight is 269 g/mol. The summed E-state index contributed by atoms with van der Waals surface area (Å²) < 4.78 is 0. The predicted molar refractivity (Wildman–Crippen MR) is 66.2 cm³/mol. The van der Waals surface area contributed by atoms with Crippen LogP contribution in [0, 0.1) is 13.8 Å². The van der Waals surface area contributed by atoms with Crippen LogP contribution < -0.4 is 17.7 Å². The molecule has 5 heteroatoms. The smallest absolute Gasteiger partial charge is 0.227 e. The molecule has 0 aliphatic rings. The molecule has 1 aromatic carbocycles. The molecule has 1 N–H and O–H groups in total. The number of halogens is 2. The van der Waals surface area contributed by atoms with Crippen LogP contribution in [0.25, 0.3) is 0 Å². The maximum absolute atomic E-state index is 5.89. The van der Waals surface area contributed by atoms with Crippen LogP contribution >= 0.6 is 11.6 Å². The highest BCUT2D eigenvalue weighted by atomic mass is 35.5. The van der Waals surface area contributed by atoms with Gasteiger partial charge in [-0.15, -0.1) is 0 Å². The van der Waals surface area contributed by atoms with Crippen LogP contribution in [0.1, 0.15) is 11.4 Å². The molecule has 0 spiro atoms. The van der Waals surface area contributed by atoms with Gasteiger partial charge < -0.3 is 17.7 Å². The van der Waals surface area contributed by atoms with E-state index in [4.69, 9.17) is 11.6 Å². The van der Waals surface area contributed by atoms with Crippen molar-refractivity contribution >= 4 is 23.2 Å². The van der Waals surface area contributed by atoms with Crippen LogP contribution in [0.4, 0.5) is 11.6 Å². The number of anilines is 2. The molecule has 17 heavy (non-hydrogen) atoms. The summed E-state index contributed by atoms with van der Waals surface area (Å²) in [5, 5.41) is 3.81. The monoisotopic (exact) mass is 268 g/mol. The fourth-order valence-corrected chi connectivity index (χ4v) is 1.67. The van der Waals surface area contributed by atoms with Gasteiger partial charge in [-0.25, -0.2) is 9.97 Å². The Morgan fingerprint density at radius 2 is 1.71 bits per heavy atom. The van der Waals surface area contributed by atoms with Gasteiger partial charge >= 0.3 is 0 Å². The lowest BCUT2D eigenvalue weighted by Crippen LogP contribution is -3.00. The van der Waals surface area contributed by atoms with E-state index in [2.05, 4.69) is 15.3 Å². The Morgan fingerprint density at radius 1 is 1.06 bits per heavy atom. The minimum atomic E-state index is 0. The standard InChI is InChI=1S/C12H12ClN3.ClH/c1-8-6-9(2)15-12(14-8)16-11-5-3-4-10(13)7-11;/h3-7H,1-2H3,(H,14,15,16);1H/p-1. The Morgan fingerprint density at radius 3 is 2.29 bits per heavy atom. The van der Waals surface area contributed by atoms with Crippen LogP contribution in [0.2, 0.25) is 5.02 Å². The molecule has 2 rings (SSSR count). The van der Waals surface area contributed by atoms with Gasteiger partial charge in [-0.2, -0.15) is 0 Å². The Hall–Kier alpha value is -1.32. The first kappa shape index (κ1) is 13.7. The zero-order valence-corrected chi connectivity index (χ0v) is 11.0. The number of rotatable bonds is 2. The summed E-state index contributed by atoms with van der Waals surface area (Å²) in [6.45, 7) is 3.88. The van der Waals surface area contributed by atoms with Gasteiger partial charge in [0.1, 0.15) is 0 Å². The fraction of sp³-hybridized carbons (Fsp3) is 0.167. The van der Waals surface area contributed by atoms with Crippen LogP contribution in [-0.2, 0) is 0 Å². The Balaban J connectivity index is 0.00000144. The Kier molecular flexibility index (Phi) is 4.73. The molecule has 0 amide bonds. The molecule has 0 fully saturated rings. The summed E-state index contributed by atoms with van der Waals surface area (Å²) in [4.78, 5) is 8.59. The first-order chi connectivity index (χ1) is 7.63. The normalized spacial score (nSPS) is 9.59. The number of nitrogens with one attached hydrogen (secondary N) is 1. The zero-order valence-electron chi connectivity index (χ0n) is 9.54. The summed E-state index contributed by atoms with van der Waals surface area (Å²) >= 11 is 5.89. The lowest BCUT2D eigenvalue weighted by molar-refractivity contribution is -0.00000356. The highest BCUT2D eigenvalue weighted by Crippen LogP contribution is 2.18. The maximum atomic E-state index is 5.89. The summed E-state index contributed by atoms with van der Waals surface area (Å²) in [5.74, 6) is 0.597. The highest BCUT2D eigenvalue weighted by Gasteiger charge is 2.00. The quantitative estimate of drug-likeness (QED) is 0.862. The number of nitrogens with zero attached hydrogens (tertiary/aromatic N) is 2. The molecule has 0 saturated heterocycles. The summed E-state index contributed by atoms with van der Waals surface area (Å²) in [6.07, 6.45) is 0. The second-order valence-corrected chi connectivity index (χ2v) is 4.05. The van der Waals surface area contributed by atoms with E-state index in [9.17, 15) is 0 Å². The van der Waals surface area contributed by atoms with E-state index in [-0.39, 0.29) is 12.4 Å². The molecule has 0 unspecified atom stereocenters. The lowest BCUT2D eigenvalue weighted by atomic mass is 10.3. The van der Waals surface area contributed by atoms with Gasteiger partial charge in [-0.05, 0) is 38.1 Å². The summed E-state index contributed by atoms with van der Waals surface area (Å²) in [5.41, 5.74) is 2.77. The third kappa shape index (κ3) is 3.88. The third-order valence-corrected chi connectivity index (χ3v) is 2.30. The van der Waals surface area contributed by atoms with Crippen molar-refractivity contribution in [3.63, 3.8) is 0 Å². The van der Waals surface area contributed by atoms with Gasteiger partial charge in [0.15, 0.2) is 0 Å². The number of hydrogen-bond acceptors (Lipinski definition) is 3. The fourth-order valence-electron chi connectivity index (χ4n) is 1.48. The number of aromatic nitrogens is 2. The van der Waals surface area contributed by atoms with E-state index >= 15 is 0 Å². The van der Waals surface area contributed by atoms with Gasteiger partial charge in [0.05, 0.1) is 0 Å². The van der Waals surface area contributed by atoms with E-state index < -0.39 is 0 Å². The second kappa shape index (κ2) is 5.84. The maximum Gasteiger partial charge on any atom is 0.227 e. The molecule has 0 bridgehead atoms. The molecule has 1 aromatic heterocycles. The van der Waals surface area contributed by atoms with Crippen molar-refractivity contribution in [1.29, 1.82) is 0 Å². The number of benzene rings is 1. The van der Waals surface area contributed by atoms with E-state index in [0.717, 1.165) is 17.1 Å². The van der Waals surface area contributed by atoms with Gasteiger partial charge in [0.2, 0.25) is 5.95 Å². The highest BCUT2D eigenvalue weighted by molar-refractivity contribution is 6.30. The second-order valence-electron chi connectivity index (χ2n) is 3.61. The summed E-state index contributed by atoms with van der Waals surface area (Å²) in [7, 11) is 0. The van der Waals surface area contributed by atoms with Crippen LogP contribution in [0.5, 0.6) is 0 Å². The largest absolute Gasteiger partial charge is 1.00 e. The van der Waals surface area contributed by atoms with E-state index in [0.29, 0.717) is 11.0 Å². The van der Waals surface area contributed by atoms with Crippen LogP contribution in [0.3, 0.4) is 0 Å². The molecule has 0 saturated carbocycles. The minimum Gasteiger partial charge on any atom is -1.00 e. The minimum absolute atomic E-state index is 0. The molecule has 90 valence electrons. The average Bonchev–Trinajstić information content (AvgIpc) is 2.15. The summed E-state index contributed by atoms with van der Waals surface area (Å²) in [6, 6.07) is 9.40. The third-order valence-electron chi connectivity index (χ3n) is 2.06. The lowest BCUT2D eigenvalue weighted by Gasteiger charge is -2.06. The SMILES string of the molecule is Cc1cc(C)nc(Nc2cccc(Cl)c2)n1.[Cl-]. The molecule has 0 radical (unpaired) electrons. The van der Waals surface area contributed by atoms with Gasteiger partial charge in [0, 0.05) is 22.1 Å². The van der Waals surface area contributed by atoms with Crippen molar-refractivity contribution in [3.05, 3.63) is 46.7 Å². The van der Waals surface area contributed by atoms with Crippen molar-refractivity contribution in [2.75, 3.05) is 5.32 Å². The van der Waals surface area contributed by atoms with Gasteiger partial charge in [-0.3, -0.25) is 0 Å². The van der Waals surface area contributed by atoms with Crippen molar-refractivity contribution < 1.29 is 12.4 Å². The first-order valence-corrected chi connectivity index (χ1v) is 5.36.